The summed E-state index contributed by atoms with van der Waals surface area (Å²) < 4.78 is 10.9. The summed E-state index contributed by atoms with van der Waals surface area (Å²) in [5.41, 5.74) is 9.35. The number of methoxy groups -OCH3 is 2. The van der Waals surface area contributed by atoms with Crippen LogP contribution in [0, 0.1) is 20.2 Å². The smallest absolute Gasteiger partial charge is 0.269 e. The number of carbonyl (C=O) groups is 2. The second-order valence-corrected chi connectivity index (χ2v) is 18.4. The topological polar surface area (TPSA) is 161 Å². The fourth-order valence-corrected chi connectivity index (χ4v) is 10.2. The van der Waals surface area contributed by atoms with E-state index < -0.39 is 9.85 Å². The van der Waals surface area contributed by atoms with Crippen LogP contribution in [0.15, 0.2) is 133 Å². The molecule has 0 atom stereocenters. The van der Waals surface area contributed by atoms with Gasteiger partial charge in [0, 0.05) is 72.3 Å². The zero-order valence-corrected chi connectivity index (χ0v) is 40.9. The zero-order valence-electron chi connectivity index (χ0n) is 40.1. The third kappa shape index (κ3) is 12.1. The number of nitrogens with zero attached hydrogens (tertiary/aromatic N) is 5. The summed E-state index contributed by atoms with van der Waals surface area (Å²) in [4.78, 5) is 52.6. The first-order chi connectivity index (χ1) is 34.5. The van der Waals surface area contributed by atoms with Crippen LogP contribution in [-0.4, -0.2) is 80.0 Å². The number of amides is 2. The number of nitro benzene ring substituents is 2. The van der Waals surface area contributed by atoms with Gasteiger partial charge in [0.25, 0.3) is 23.2 Å². The van der Waals surface area contributed by atoms with Gasteiger partial charge in [0.1, 0.15) is 11.5 Å². The van der Waals surface area contributed by atoms with Gasteiger partial charge in [-0.3, -0.25) is 34.7 Å². The molecular weight excluding hydrogens is 920 g/mol. The Hall–Kier alpha value is -7.13. The number of piperidine rings is 2. The third-order valence-electron chi connectivity index (χ3n) is 13.9. The van der Waals surface area contributed by atoms with Crippen LogP contribution in [0.5, 0.6) is 11.5 Å². The third-order valence-corrected chi connectivity index (χ3v) is 14.2. The minimum absolute atomic E-state index is 0.0551. The molecule has 6 aromatic rings. The highest BCUT2D eigenvalue weighted by Gasteiger charge is 2.29. The second-order valence-electron chi connectivity index (χ2n) is 18.1. The number of hydrogen-bond acceptors (Lipinski definition) is 10. The van der Waals surface area contributed by atoms with Crippen LogP contribution < -0.4 is 24.6 Å². The molecule has 0 spiro atoms. The monoisotopic (exact) mass is 978 g/mol. The number of likely N-dealkylation sites (tertiary alicyclic amines) is 1. The largest absolute Gasteiger partial charge is 0.496 e. The highest BCUT2D eigenvalue weighted by Crippen LogP contribution is 2.37. The fraction of sp³-hybridized carbons (Fsp3) is 0.321. The van der Waals surface area contributed by atoms with Crippen molar-refractivity contribution >= 4 is 46.2 Å². The van der Waals surface area contributed by atoms with Crippen molar-refractivity contribution < 1.29 is 28.9 Å². The number of rotatable bonds is 11. The summed E-state index contributed by atoms with van der Waals surface area (Å²) in [5, 5.41) is 25.2. The van der Waals surface area contributed by atoms with Gasteiger partial charge in [-0.15, -0.1) is 11.6 Å². The molecule has 4 aliphatic rings. The molecule has 0 saturated carbocycles. The van der Waals surface area contributed by atoms with Crippen LogP contribution in [-0.2, 0) is 25.3 Å². The molecule has 0 bridgehead atoms. The van der Waals surface area contributed by atoms with E-state index in [1.807, 2.05) is 54.6 Å². The Morgan fingerprint density at radius 2 is 1.03 bits per heavy atom. The quantitative estimate of drug-likeness (QED) is 0.0752. The lowest BCUT2D eigenvalue weighted by Crippen LogP contribution is -2.32. The van der Waals surface area contributed by atoms with Gasteiger partial charge in [0.2, 0.25) is 0 Å². The number of para-hydroxylation sites is 2. The van der Waals surface area contributed by atoms with E-state index in [1.54, 1.807) is 60.4 Å². The molecule has 0 aromatic heterocycles. The number of anilines is 2. The molecule has 15 heteroatoms. The van der Waals surface area contributed by atoms with Crippen molar-refractivity contribution in [3.8, 4) is 11.5 Å². The molecule has 71 heavy (non-hydrogen) atoms. The van der Waals surface area contributed by atoms with Crippen LogP contribution >= 0.6 is 11.6 Å². The molecule has 0 radical (unpaired) electrons. The molecular formula is C56H59ClN6O8. The lowest BCUT2D eigenvalue weighted by Gasteiger charge is -2.32. The summed E-state index contributed by atoms with van der Waals surface area (Å²) in [6.07, 6.45) is 5.90. The van der Waals surface area contributed by atoms with E-state index in [1.165, 1.54) is 41.7 Å². The molecule has 2 fully saturated rings. The Balaban J connectivity index is 0.000000159. The molecule has 2 saturated heterocycles. The molecule has 10 rings (SSSR count). The van der Waals surface area contributed by atoms with Crippen molar-refractivity contribution in [2.75, 3.05) is 63.3 Å². The Kier molecular flexibility index (Phi) is 16.7. The molecule has 1 N–H and O–H groups in total. The highest BCUT2D eigenvalue weighted by molar-refractivity contribution is 6.17. The molecule has 0 unspecified atom stereocenters. The number of non-ortho nitro benzene ring substituents is 2. The average Bonchev–Trinajstić information content (AvgIpc) is 4.06. The van der Waals surface area contributed by atoms with E-state index in [4.69, 9.17) is 21.1 Å². The first-order valence-corrected chi connectivity index (χ1v) is 24.7. The number of alkyl halides is 1. The van der Waals surface area contributed by atoms with Gasteiger partial charge in [-0.05, 0) is 158 Å². The number of nitro groups is 2. The summed E-state index contributed by atoms with van der Waals surface area (Å²) in [6.45, 7) is 6.25. The number of halogens is 1. The van der Waals surface area contributed by atoms with E-state index in [0.717, 1.165) is 85.1 Å². The fourth-order valence-electron chi connectivity index (χ4n) is 10.0. The molecule has 2 amide bonds. The van der Waals surface area contributed by atoms with Gasteiger partial charge in [-0.25, -0.2) is 0 Å². The maximum atomic E-state index is 13.1. The van der Waals surface area contributed by atoms with E-state index in [-0.39, 0.29) is 23.2 Å². The lowest BCUT2D eigenvalue weighted by molar-refractivity contribution is -0.385. The van der Waals surface area contributed by atoms with E-state index in [0.29, 0.717) is 54.8 Å². The Morgan fingerprint density at radius 3 is 1.46 bits per heavy atom. The highest BCUT2D eigenvalue weighted by atomic mass is 35.5. The average molecular weight is 980 g/mol. The van der Waals surface area contributed by atoms with Gasteiger partial charge in [-0.2, -0.15) is 0 Å². The summed E-state index contributed by atoms with van der Waals surface area (Å²) in [7, 11) is 3.48. The van der Waals surface area contributed by atoms with Gasteiger partial charge in [0.05, 0.1) is 24.1 Å². The number of hydrogen-bond donors (Lipinski definition) is 1. The van der Waals surface area contributed by atoms with Gasteiger partial charge >= 0.3 is 0 Å². The van der Waals surface area contributed by atoms with Crippen LogP contribution in [0.25, 0.3) is 0 Å². The van der Waals surface area contributed by atoms with Gasteiger partial charge in [0.15, 0.2) is 0 Å². The Morgan fingerprint density at radius 1 is 0.592 bits per heavy atom. The van der Waals surface area contributed by atoms with Crippen LogP contribution in [0.3, 0.4) is 0 Å². The first kappa shape index (κ1) is 50.3. The van der Waals surface area contributed by atoms with Crippen molar-refractivity contribution in [2.45, 2.75) is 62.8 Å². The minimum atomic E-state index is -0.421. The molecule has 14 nitrogen and oxygen atoms in total. The van der Waals surface area contributed by atoms with Crippen molar-refractivity contribution in [2.24, 2.45) is 0 Å². The summed E-state index contributed by atoms with van der Waals surface area (Å²) in [5.74, 6) is 3.45. The minimum Gasteiger partial charge on any atom is -0.496 e. The maximum absolute atomic E-state index is 13.1. The molecule has 0 aliphatic carbocycles. The number of ether oxygens (including phenoxy) is 2. The van der Waals surface area contributed by atoms with Gasteiger partial charge in [-0.1, -0.05) is 60.7 Å². The SMILES string of the molecule is COc1ccccc1C1CCN(Cc2ccc(C(=O)N3CCc4cc([N+](=O)[O-])ccc43)cc2)CC1.COc1ccccc1C1CCNCC1.O=C(c1ccc(CCl)cc1)N1CCc2cc([N+](=O)[O-])ccc21. The number of carbonyl (C=O) groups excluding carboxylic acids is 2. The van der Waals surface area contributed by atoms with Crippen molar-refractivity contribution in [3.63, 3.8) is 0 Å². The van der Waals surface area contributed by atoms with Gasteiger partial charge < -0.3 is 24.6 Å². The second kappa shape index (κ2) is 23.7. The summed E-state index contributed by atoms with van der Waals surface area (Å²) in [6, 6.07) is 41.0. The molecule has 6 aromatic carbocycles. The van der Waals surface area contributed by atoms with E-state index >= 15 is 0 Å². The number of nitrogens with one attached hydrogen (secondary N) is 1. The Bertz CT molecular complexity index is 2830. The van der Waals surface area contributed by atoms with Crippen LogP contribution in [0.2, 0.25) is 0 Å². The number of benzene rings is 6. The Labute approximate surface area is 419 Å². The molecule has 4 aliphatic heterocycles. The standard InChI is InChI=1S/C28H29N3O4.C16H13ClN2O3.C12H17NO/c1-35-27-5-3-2-4-25(27)21-12-15-29(16-13-21)19-20-6-8-22(9-7-20)28(32)30-17-14-23-18-24(31(33)34)10-11-26(23)30;17-10-11-1-3-12(4-2-11)16(20)18-8-7-13-9-14(19(21)22)5-6-15(13)18;1-14-12-5-3-2-4-11(12)10-6-8-13-9-7-10/h2-11,18,21H,12-17,19H2,1H3;1-6,9H,7-8,10H2;2-5,10,13H,6-9H2,1H3. The predicted molar refractivity (Wildman–Crippen MR) is 277 cm³/mol. The normalized spacial score (nSPS) is 15.6. The van der Waals surface area contributed by atoms with E-state index in [9.17, 15) is 29.8 Å². The van der Waals surface area contributed by atoms with Crippen molar-refractivity contribution in [1.29, 1.82) is 0 Å². The molecule has 368 valence electrons. The van der Waals surface area contributed by atoms with Crippen LogP contribution in [0.1, 0.15) is 91.6 Å². The summed E-state index contributed by atoms with van der Waals surface area (Å²) >= 11 is 5.74. The van der Waals surface area contributed by atoms with Crippen molar-refractivity contribution in [1.82, 2.24) is 10.2 Å². The first-order valence-electron chi connectivity index (χ1n) is 24.2. The molecule has 4 heterocycles. The number of fused-ring (bicyclic) bond motifs is 2. The van der Waals surface area contributed by atoms with E-state index in [2.05, 4.69) is 40.5 Å². The zero-order chi connectivity index (χ0) is 49.9. The van der Waals surface area contributed by atoms with Crippen LogP contribution in [0.4, 0.5) is 22.7 Å². The maximum Gasteiger partial charge on any atom is 0.269 e. The lowest BCUT2D eigenvalue weighted by atomic mass is 9.88. The van der Waals surface area contributed by atoms with Crippen molar-refractivity contribution in [3.05, 3.63) is 198 Å². The predicted octanol–water partition coefficient (Wildman–Crippen LogP) is 10.9.